The average molecular weight is 339 g/mol. The Hall–Kier alpha value is -2.17. The summed E-state index contributed by atoms with van der Waals surface area (Å²) in [4.78, 5) is 19.8. The lowest BCUT2D eigenvalue weighted by Gasteiger charge is -2.41. The molecule has 0 radical (unpaired) electrons. The van der Waals surface area contributed by atoms with Crippen molar-refractivity contribution < 1.29 is 9.32 Å². The first-order valence-corrected chi connectivity index (χ1v) is 9.26. The number of nitrogens with zero attached hydrogens (tertiary/aromatic N) is 3. The summed E-state index contributed by atoms with van der Waals surface area (Å²) in [5.74, 6) is 1.95. The number of carbonyl (C=O) groups excluding carboxylic acids is 1. The molecular formula is C20H25N3O2. The smallest absolute Gasteiger partial charge is 0.232 e. The molecule has 1 amide bonds. The fourth-order valence-electron chi connectivity index (χ4n) is 4.42. The normalized spacial score (nSPS) is 24.2. The van der Waals surface area contributed by atoms with Gasteiger partial charge in [0, 0.05) is 19.0 Å². The number of likely N-dealkylation sites (tertiary alicyclic amines) is 1. The number of rotatable bonds is 2. The van der Waals surface area contributed by atoms with E-state index in [4.69, 9.17) is 4.52 Å². The van der Waals surface area contributed by atoms with Crippen LogP contribution in [0, 0.1) is 6.92 Å². The molecule has 1 aliphatic heterocycles. The fourth-order valence-corrected chi connectivity index (χ4v) is 4.42. The second kappa shape index (κ2) is 6.28. The maximum atomic E-state index is 13.4. The number of amides is 1. The second-order valence-electron chi connectivity index (χ2n) is 7.59. The van der Waals surface area contributed by atoms with E-state index in [1.807, 2.05) is 11.8 Å². The van der Waals surface area contributed by atoms with E-state index in [1.54, 1.807) is 0 Å². The van der Waals surface area contributed by atoms with Gasteiger partial charge in [-0.2, -0.15) is 4.98 Å². The lowest BCUT2D eigenvalue weighted by atomic mass is 9.70. The van der Waals surface area contributed by atoms with Crippen molar-refractivity contribution >= 4 is 5.91 Å². The third-order valence-corrected chi connectivity index (χ3v) is 5.88. The minimum atomic E-state index is -0.386. The highest BCUT2D eigenvalue weighted by Gasteiger charge is 2.42. The Kier molecular flexibility index (Phi) is 4.10. The Bertz CT molecular complexity index is 777. The quantitative estimate of drug-likeness (QED) is 0.841. The van der Waals surface area contributed by atoms with E-state index >= 15 is 0 Å². The van der Waals surface area contributed by atoms with Crippen LogP contribution < -0.4 is 0 Å². The Morgan fingerprint density at radius 2 is 2.04 bits per heavy atom. The van der Waals surface area contributed by atoms with Gasteiger partial charge in [0.1, 0.15) is 0 Å². The molecule has 0 spiro atoms. The number of piperidine rings is 1. The summed E-state index contributed by atoms with van der Waals surface area (Å²) in [5, 5.41) is 3.89. The van der Waals surface area contributed by atoms with Crippen LogP contribution in [0.1, 0.15) is 61.4 Å². The van der Waals surface area contributed by atoms with E-state index in [0.717, 1.165) is 51.1 Å². The maximum Gasteiger partial charge on any atom is 0.232 e. The van der Waals surface area contributed by atoms with Crippen LogP contribution in [-0.4, -0.2) is 34.0 Å². The van der Waals surface area contributed by atoms with Crippen LogP contribution in [-0.2, 0) is 16.6 Å². The van der Waals surface area contributed by atoms with Crippen LogP contribution in [0.15, 0.2) is 28.8 Å². The van der Waals surface area contributed by atoms with E-state index in [-0.39, 0.29) is 17.2 Å². The second-order valence-corrected chi connectivity index (χ2v) is 7.59. The van der Waals surface area contributed by atoms with E-state index in [9.17, 15) is 4.79 Å². The molecule has 1 aromatic heterocycles. The van der Waals surface area contributed by atoms with Crippen molar-refractivity contribution in [1.29, 1.82) is 0 Å². The molecule has 2 aliphatic rings. The van der Waals surface area contributed by atoms with Gasteiger partial charge < -0.3 is 9.42 Å². The Morgan fingerprint density at radius 3 is 2.76 bits per heavy atom. The highest BCUT2D eigenvalue weighted by atomic mass is 16.5. The standard InChI is InChI=1S/C20H25N3O2/c1-14-21-18(25-22-14)16-9-12-23(13-10-16)19(24)20(2)11-5-7-15-6-3-4-8-17(15)20/h3-4,6,8,16H,5,7,9-13H2,1-2H3. The zero-order valence-electron chi connectivity index (χ0n) is 15.0. The average Bonchev–Trinajstić information content (AvgIpc) is 3.08. The summed E-state index contributed by atoms with van der Waals surface area (Å²) >= 11 is 0. The van der Waals surface area contributed by atoms with Gasteiger partial charge in [0.2, 0.25) is 11.8 Å². The molecule has 2 heterocycles. The predicted octanol–water partition coefficient (Wildman–Crippen LogP) is 3.38. The van der Waals surface area contributed by atoms with Crippen molar-refractivity contribution in [2.75, 3.05) is 13.1 Å². The van der Waals surface area contributed by atoms with E-state index in [2.05, 4.69) is 41.3 Å². The molecule has 5 heteroatoms. The number of benzene rings is 1. The molecule has 1 saturated heterocycles. The molecule has 0 bridgehead atoms. The van der Waals surface area contributed by atoms with Crippen molar-refractivity contribution in [3.63, 3.8) is 0 Å². The fraction of sp³-hybridized carbons (Fsp3) is 0.550. The van der Waals surface area contributed by atoms with Gasteiger partial charge in [-0.15, -0.1) is 0 Å². The van der Waals surface area contributed by atoms with Crippen LogP contribution in [0.2, 0.25) is 0 Å². The molecule has 1 unspecified atom stereocenters. The SMILES string of the molecule is Cc1noc(C2CCN(C(=O)C3(C)CCCc4ccccc43)CC2)n1. The van der Waals surface area contributed by atoms with Crippen molar-refractivity contribution in [2.45, 2.75) is 57.3 Å². The Morgan fingerprint density at radius 1 is 1.28 bits per heavy atom. The number of aryl methyl sites for hydroxylation is 2. The zero-order chi connectivity index (χ0) is 17.4. The summed E-state index contributed by atoms with van der Waals surface area (Å²) in [6, 6.07) is 8.44. The molecule has 1 atom stereocenters. The Labute approximate surface area is 148 Å². The molecule has 4 rings (SSSR count). The molecule has 0 saturated carbocycles. The lowest BCUT2D eigenvalue weighted by molar-refractivity contribution is -0.138. The van der Waals surface area contributed by atoms with Crippen LogP contribution >= 0.6 is 0 Å². The summed E-state index contributed by atoms with van der Waals surface area (Å²) < 4.78 is 5.32. The number of hydrogen-bond donors (Lipinski definition) is 0. The van der Waals surface area contributed by atoms with E-state index in [0.29, 0.717) is 5.82 Å². The molecule has 132 valence electrons. The summed E-state index contributed by atoms with van der Waals surface area (Å²) in [5.41, 5.74) is 2.17. The minimum absolute atomic E-state index is 0.275. The molecule has 1 fully saturated rings. The van der Waals surface area contributed by atoms with Crippen molar-refractivity contribution in [3.05, 3.63) is 47.1 Å². The molecule has 2 aromatic rings. The van der Waals surface area contributed by atoms with Crippen LogP contribution in [0.3, 0.4) is 0 Å². The first kappa shape index (κ1) is 16.3. The van der Waals surface area contributed by atoms with Crippen LogP contribution in [0.4, 0.5) is 0 Å². The topological polar surface area (TPSA) is 59.2 Å². The summed E-state index contributed by atoms with van der Waals surface area (Å²) in [7, 11) is 0. The first-order chi connectivity index (χ1) is 12.1. The van der Waals surface area contributed by atoms with Gasteiger partial charge in [0.15, 0.2) is 5.82 Å². The first-order valence-electron chi connectivity index (χ1n) is 9.26. The molecular weight excluding hydrogens is 314 g/mol. The van der Waals surface area contributed by atoms with Crippen LogP contribution in [0.25, 0.3) is 0 Å². The molecule has 0 N–H and O–H groups in total. The highest BCUT2D eigenvalue weighted by Crippen LogP contribution is 2.39. The van der Waals surface area contributed by atoms with Gasteiger partial charge in [-0.25, -0.2) is 0 Å². The van der Waals surface area contributed by atoms with Crippen molar-refractivity contribution in [1.82, 2.24) is 15.0 Å². The van der Waals surface area contributed by atoms with Crippen molar-refractivity contribution in [3.8, 4) is 0 Å². The highest BCUT2D eigenvalue weighted by molar-refractivity contribution is 5.88. The number of hydrogen-bond acceptors (Lipinski definition) is 4. The maximum absolute atomic E-state index is 13.4. The summed E-state index contributed by atoms with van der Waals surface area (Å²) in [6.45, 7) is 5.50. The third kappa shape index (κ3) is 2.86. The molecule has 1 aliphatic carbocycles. The van der Waals surface area contributed by atoms with Crippen molar-refractivity contribution in [2.24, 2.45) is 0 Å². The lowest BCUT2D eigenvalue weighted by Crippen LogP contribution is -2.49. The molecule has 1 aromatic carbocycles. The predicted molar refractivity (Wildman–Crippen MR) is 94.3 cm³/mol. The number of aromatic nitrogens is 2. The number of fused-ring (bicyclic) bond motifs is 1. The van der Waals surface area contributed by atoms with Gasteiger partial charge in [0.25, 0.3) is 0 Å². The van der Waals surface area contributed by atoms with Gasteiger partial charge in [-0.05, 0) is 57.1 Å². The summed E-state index contributed by atoms with van der Waals surface area (Å²) in [6.07, 6.45) is 4.89. The third-order valence-electron chi connectivity index (χ3n) is 5.88. The monoisotopic (exact) mass is 339 g/mol. The molecule has 25 heavy (non-hydrogen) atoms. The Balaban J connectivity index is 1.49. The minimum Gasteiger partial charge on any atom is -0.342 e. The van der Waals surface area contributed by atoms with Gasteiger partial charge in [-0.3, -0.25) is 4.79 Å². The zero-order valence-corrected chi connectivity index (χ0v) is 15.0. The van der Waals surface area contributed by atoms with Gasteiger partial charge in [0.05, 0.1) is 5.41 Å². The largest absolute Gasteiger partial charge is 0.342 e. The van der Waals surface area contributed by atoms with Gasteiger partial charge >= 0.3 is 0 Å². The molecule has 5 nitrogen and oxygen atoms in total. The van der Waals surface area contributed by atoms with E-state index < -0.39 is 0 Å². The van der Waals surface area contributed by atoms with E-state index in [1.165, 1.54) is 11.1 Å². The van der Waals surface area contributed by atoms with Crippen LogP contribution in [0.5, 0.6) is 0 Å². The van der Waals surface area contributed by atoms with Gasteiger partial charge in [-0.1, -0.05) is 29.4 Å². The number of carbonyl (C=O) groups is 1.